The first-order valence-electron chi connectivity index (χ1n) is 9.34. The fourth-order valence-corrected chi connectivity index (χ4v) is 4.16. The molecule has 2 aromatic rings. The zero-order valence-corrected chi connectivity index (χ0v) is 15.3. The van der Waals surface area contributed by atoms with Gasteiger partial charge >= 0.3 is 0 Å². The molecule has 1 aliphatic carbocycles. The number of carbonyl (C=O) groups excluding carboxylic acids is 1. The van der Waals surface area contributed by atoms with Crippen molar-refractivity contribution in [1.82, 2.24) is 24.2 Å². The lowest BCUT2D eigenvalue weighted by Gasteiger charge is -2.34. The number of aryl methyl sites for hydroxylation is 1. The van der Waals surface area contributed by atoms with E-state index in [0.717, 1.165) is 38.2 Å². The second-order valence-electron chi connectivity index (χ2n) is 7.82. The molecule has 1 aliphatic heterocycles. The molecule has 3 heterocycles. The topological polar surface area (TPSA) is 56.0 Å². The fraction of sp³-hybridized carbons (Fsp3) is 0.632. The lowest BCUT2D eigenvalue weighted by atomic mass is 10.0. The molecule has 1 saturated heterocycles. The van der Waals surface area contributed by atoms with Crippen LogP contribution in [0.3, 0.4) is 0 Å². The molecule has 4 rings (SSSR count). The molecule has 3 atom stereocenters. The van der Waals surface area contributed by atoms with Crippen molar-refractivity contribution in [3.8, 4) is 0 Å². The predicted octanol–water partition coefficient (Wildman–Crippen LogP) is 2.71. The van der Waals surface area contributed by atoms with Crippen LogP contribution in [0.1, 0.15) is 62.4 Å². The van der Waals surface area contributed by atoms with E-state index >= 15 is 0 Å². The van der Waals surface area contributed by atoms with Crippen LogP contribution in [0.25, 0.3) is 0 Å². The molecule has 25 heavy (non-hydrogen) atoms. The van der Waals surface area contributed by atoms with Gasteiger partial charge in [0.25, 0.3) is 0 Å². The highest BCUT2D eigenvalue weighted by Crippen LogP contribution is 2.48. The highest BCUT2D eigenvalue weighted by atomic mass is 16.2. The van der Waals surface area contributed by atoms with Crippen LogP contribution in [0.4, 0.5) is 0 Å². The van der Waals surface area contributed by atoms with Crippen molar-refractivity contribution >= 4 is 5.91 Å². The van der Waals surface area contributed by atoms with Gasteiger partial charge in [-0.25, -0.2) is 4.98 Å². The summed E-state index contributed by atoms with van der Waals surface area (Å²) in [6, 6.07) is 0.355. The number of carbonyl (C=O) groups is 1. The van der Waals surface area contributed by atoms with Gasteiger partial charge in [-0.3, -0.25) is 9.48 Å². The average molecular weight is 341 g/mol. The van der Waals surface area contributed by atoms with Crippen molar-refractivity contribution in [3.05, 3.63) is 36.2 Å². The monoisotopic (exact) mass is 341 g/mol. The van der Waals surface area contributed by atoms with Gasteiger partial charge in [-0.15, -0.1) is 0 Å². The average Bonchev–Trinajstić information content (AvgIpc) is 3.03. The van der Waals surface area contributed by atoms with Crippen molar-refractivity contribution in [3.63, 3.8) is 0 Å². The molecular weight excluding hydrogens is 314 g/mol. The molecule has 6 heteroatoms. The Bertz CT molecular complexity index is 761. The van der Waals surface area contributed by atoms with Crippen molar-refractivity contribution in [2.24, 2.45) is 13.0 Å². The largest absolute Gasteiger partial charge is 0.340 e. The van der Waals surface area contributed by atoms with Crippen molar-refractivity contribution < 1.29 is 4.79 Å². The summed E-state index contributed by atoms with van der Waals surface area (Å²) >= 11 is 0. The number of imidazole rings is 1. The highest BCUT2D eigenvalue weighted by molar-refractivity contribution is 5.83. The lowest BCUT2D eigenvalue weighted by molar-refractivity contribution is -0.134. The van der Waals surface area contributed by atoms with E-state index in [1.807, 2.05) is 30.3 Å². The van der Waals surface area contributed by atoms with Crippen LogP contribution in [-0.4, -0.2) is 43.2 Å². The Balaban J connectivity index is 1.43. The van der Waals surface area contributed by atoms with E-state index in [1.54, 1.807) is 0 Å². The number of hydrogen-bond donors (Lipinski definition) is 0. The smallest absolute Gasteiger partial charge is 0.226 e. The molecule has 0 radical (unpaired) electrons. The normalized spacial score (nSPS) is 26.2. The van der Waals surface area contributed by atoms with Gasteiger partial charge in [0, 0.05) is 50.6 Å². The van der Waals surface area contributed by atoms with Crippen molar-refractivity contribution in [2.45, 2.75) is 51.0 Å². The van der Waals surface area contributed by atoms with E-state index in [-0.39, 0.29) is 5.92 Å². The number of aromatic nitrogens is 4. The first kappa shape index (κ1) is 16.4. The van der Waals surface area contributed by atoms with E-state index in [2.05, 4.69) is 39.6 Å². The number of nitrogens with zero attached hydrogens (tertiary/aromatic N) is 5. The maximum Gasteiger partial charge on any atom is 0.226 e. The summed E-state index contributed by atoms with van der Waals surface area (Å²) in [6.45, 7) is 6.04. The number of rotatable bonds is 4. The molecule has 134 valence electrons. The van der Waals surface area contributed by atoms with Gasteiger partial charge < -0.3 is 9.47 Å². The van der Waals surface area contributed by atoms with Crippen LogP contribution in [0.5, 0.6) is 0 Å². The summed E-state index contributed by atoms with van der Waals surface area (Å²) in [5, 5.41) is 4.24. The molecule has 0 spiro atoms. The highest BCUT2D eigenvalue weighted by Gasteiger charge is 2.47. The summed E-state index contributed by atoms with van der Waals surface area (Å²) in [7, 11) is 1.93. The Morgan fingerprint density at radius 1 is 1.36 bits per heavy atom. The molecule has 1 saturated carbocycles. The maximum absolute atomic E-state index is 13.0. The Morgan fingerprint density at radius 3 is 2.92 bits per heavy atom. The molecule has 0 N–H and O–H groups in total. The van der Waals surface area contributed by atoms with E-state index in [1.165, 1.54) is 5.56 Å². The molecule has 0 unspecified atom stereocenters. The minimum atomic E-state index is 0.148. The molecule has 1 amide bonds. The maximum atomic E-state index is 13.0. The number of hydrogen-bond acceptors (Lipinski definition) is 3. The van der Waals surface area contributed by atoms with Crippen LogP contribution in [0.15, 0.2) is 24.8 Å². The van der Waals surface area contributed by atoms with Gasteiger partial charge in [0.1, 0.15) is 5.82 Å². The minimum Gasteiger partial charge on any atom is -0.340 e. The van der Waals surface area contributed by atoms with Crippen LogP contribution < -0.4 is 0 Å². The fourth-order valence-electron chi connectivity index (χ4n) is 4.16. The molecule has 2 aromatic heterocycles. The van der Waals surface area contributed by atoms with E-state index in [4.69, 9.17) is 0 Å². The van der Waals surface area contributed by atoms with Crippen LogP contribution in [-0.2, 0) is 11.8 Å². The van der Waals surface area contributed by atoms with Gasteiger partial charge in [0.05, 0.1) is 12.2 Å². The van der Waals surface area contributed by atoms with Gasteiger partial charge in [0.2, 0.25) is 5.91 Å². The number of amides is 1. The predicted molar refractivity (Wildman–Crippen MR) is 95.2 cm³/mol. The molecule has 6 nitrogen and oxygen atoms in total. The van der Waals surface area contributed by atoms with Crippen molar-refractivity contribution in [1.29, 1.82) is 0 Å². The first-order chi connectivity index (χ1) is 12.0. The molecule has 2 aliphatic rings. The minimum absolute atomic E-state index is 0.148. The second kappa shape index (κ2) is 6.32. The Kier molecular flexibility index (Phi) is 4.13. The first-order valence-corrected chi connectivity index (χ1v) is 9.34. The zero-order valence-electron chi connectivity index (χ0n) is 15.3. The standard InChI is InChI=1S/C19H27N5O/c1-13(2)18-20-6-8-24(18)15-5-4-7-23(12-15)19(25)17-9-16(17)14-10-21-22(3)11-14/h6,8,10-11,13,15-17H,4-5,7,9,12H2,1-3H3/t15-,16+,17-/m1/s1. The summed E-state index contributed by atoms with van der Waals surface area (Å²) in [5.41, 5.74) is 1.20. The number of likely N-dealkylation sites (tertiary alicyclic amines) is 1. The summed E-state index contributed by atoms with van der Waals surface area (Å²) in [6.07, 6.45) is 11.1. The summed E-state index contributed by atoms with van der Waals surface area (Å²) < 4.78 is 4.11. The number of piperidine rings is 1. The molecule has 2 fully saturated rings. The third kappa shape index (κ3) is 3.10. The Hall–Kier alpha value is -2.11. The molecule has 0 bridgehead atoms. The van der Waals surface area contributed by atoms with Gasteiger partial charge in [-0.2, -0.15) is 5.10 Å². The second-order valence-corrected chi connectivity index (χ2v) is 7.82. The van der Waals surface area contributed by atoms with Crippen LogP contribution in [0.2, 0.25) is 0 Å². The van der Waals surface area contributed by atoms with Crippen LogP contribution in [0, 0.1) is 5.92 Å². The lowest BCUT2D eigenvalue weighted by Crippen LogP contribution is -2.42. The van der Waals surface area contributed by atoms with Gasteiger partial charge in [-0.05, 0) is 30.7 Å². The van der Waals surface area contributed by atoms with Crippen molar-refractivity contribution in [2.75, 3.05) is 13.1 Å². The van der Waals surface area contributed by atoms with Gasteiger partial charge in [-0.1, -0.05) is 13.8 Å². The third-order valence-electron chi connectivity index (χ3n) is 5.58. The van der Waals surface area contributed by atoms with Gasteiger partial charge in [0.15, 0.2) is 0 Å². The molecular formula is C19H27N5O. The SMILES string of the molecule is CC(C)c1nccn1[C@@H]1CCCN(C(=O)[C@@H]2C[C@H]2c2cnn(C)c2)C1. The van der Waals surface area contributed by atoms with E-state index in [9.17, 15) is 4.79 Å². The summed E-state index contributed by atoms with van der Waals surface area (Å²) in [5.74, 6) is 2.36. The van der Waals surface area contributed by atoms with E-state index in [0.29, 0.717) is 23.8 Å². The Morgan fingerprint density at radius 2 is 2.20 bits per heavy atom. The zero-order chi connectivity index (χ0) is 17.6. The van der Waals surface area contributed by atoms with E-state index < -0.39 is 0 Å². The molecule has 0 aromatic carbocycles. The quantitative estimate of drug-likeness (QED) is 0.859. The third-order valence-corrected chi connectivity index (χ3v) is 5.58. The van der Waals surface area contributed by atoms with Crippen LogP contribution >= 0.6 is 0 Å². The Labute approximate surface area is 148 Å². The summed E-state index contributed by atoms with van der Waals surface area (Å²) in [4.78, 5) is 19.6.